The van der Waals surface area contributed by atoms with Crippen LogP contribution in [0.1, 0.15) is 25.0 Å². The molecule has 1 aromatic rings. The second kappa shape index (κ2) is 4.88. The number of aliphatic imine (C=N–C) groups is 1. The topological polar surface area (TPSA) is 64.4 Å². The molecule has 1 rings (SSSR count). The minimum atomic E-state index is -4.34. The molecule has 6 heteroatoms. The number of hydrogen-bond donors (Lipinski definition) is 2. The fourth-order valence-corrected chi connectivity index (χ4v) is 1.50. The van der Waals surface area contributed by atoms with Crippen LogP contribution in [-0.4, -0.2) is 12.5 Å². The molecule has 100 valence electrons. The third-order valence-electron chi connectivity index (χ3n) is 2.63. The van der Waals surface area contributed by atoms with E-state index in [1.807, 2.05) is 0 Å². The van der Waals surface area contributed by atoms with Gasteiger partial charge in [-0.1, -0.05) is 32.0 Å². The molecule has 0 atom stereocenters. The van der Waals surface area contributed by atoms with Gasteiger partial charge in [0.2, 0.25) is 0 Å². The van der Waals surface area contributed by atoms with Crippen molar-refractivity contribution in [3.63, 3.8) is 0 Å². The minimum Gasteiger partial charge on any atom is -0.370 e. The number of nitrogens with two attached hydrogens (primary N) is 2. The lowest BCUT2D eigenvalue weighted by Gasteiger charge is -2.24. The Morgan fingerprint density at radius 1 is 1.17 bits per heavy atom. The third-order valence-corrected chi connectivity index (χ3v) is 2.63. The molecule has 0 saturated carbocycles. The van der Waals surface area contributed by atoms with E-state index in [2.05, 4.69) is 4.99 Å². The second-order valence-electron chi connectivity index (χ2n) is 4.70. The lowest BCUT2D eigenvalue weighted by molar-refractivity contribution is -0.137. The molecule has 0 saturated heterocycles. The normalized spacial score (nSPS) is 12.3. The summed E-state index contributed by atoms with van der Waals surface area (Å²) < 4.78 is 37.8. The van der Waals surface area contributed by atoms with Gasteiger partial charge in [-0.2, -0.15) is 13.2 Å². The monoisotopic (exact) mass is 259 g/mol. The summed E-state index contributed by atoms with van der Waals surface area (Å²) in [5, 5.41) is 0. The van der Waals surface area contributed by atoms with Crippen LogP contribution in [0.2, 0.25) is 0 Å². The average Bonchev–Trinajstić information content (AvgIpc) is 2.26. The van der Waals surface area contributed by atoms with Gasteiger partial charge in [0.25, 0.3) is 0 Å². The maximum atomic E-state index is 12.6. The molecule has 18 heavy (non-hydrogen) atoms. The van der Waals surface area contributed by atoms with Crippen LogP contribution in [0.3, 0.4) is 0 Å². The van der Waals surface area contributed by atoms with Crippen LogP contribution in [-0.2, 0) is 11.6 Å². The van der Waals surface area contributed by atoms with Gasteiger partial charge in [-0.05, 0) is 11.6 Å². The highest BCUT2D eigenvalue weighted by atomic mass is 19.4. The van der Waals surface area contributed by atoms with Crippen molar-refractivity contribution >= 4 is 5.96 Å². The van der Waals surface area contributed by atoms with Gasteiger partial charge < -0.3 is 11.5 Å². The first-order chi connectivity index (χ1) is 8.13. The number of hydrogen-bond acceptors (Lipinski definition) is 1. The number of nitrogens with zero attached hydrogens (tertiary/aromatic N) is 1. The van der Waals surface area contributed by atoms with Crippen LogP contribution in [0.15, 0.2) is 29.3 Å². The van der Waals surface area contributed by atoms with Crippen molar-refractivity contribution in [2.75, 3.05) is 6.54 Å². The van der Waals surface area contributed by atoms with E-state index in [9.17, 15) is 13.2 Å². The van der Waals surface area contributed by atoms with E-state index >= 15 is 0 Å². The Bertz CT molecular complexity index is 446. The molecule has 0 bridgehead atoms. The molecule has 0 amide bonds. The van der Waals surface area contributed by atoms with Crippen LogP contribution in [0.25, 0.3) is 0 Å². The molecule has 0 heterocycles. The summed E-state index contributed by atoms with van der Waals surface area (Å²) in [6.07, 6.45) is -4.34. The summed E-state index contributed by atoms with van der Waals surface area (Å²) >= 11 is 0. The van der Waals surface area contributed by atoms with Crippen molar-refractivity contribution in [1.82, 2.24) is 0 Å². The fourth-order valence-electron chi connectivity index (χ4n) is 1.50. The predicted molar refractivity (Wildman–Crippen MR) is 65.1 cm³/mol. The summed E-state index contributed by atoms with van der Waals surface area (Å²) in [6, 6.07) is 5.19. The zero-order chi connectivity index (χ0) is 14.0. The van der Waals surface area contributed by atoms with Crippen LogP contribution in [0.4, 0.5) is 13.2 Å². The first kappa shape index (κ1) is 14.3. The van der Waals surface area contributed by atoms with E-state index in [1.54, 1.807) is 19.9 Å². The van der Waals surface area contributed by atoms with Gasteiger partial charge in [-0.3, -0.25) is 4.99 Å². The molecule has 0 fully saturated rings. The van der Waals surface area contributed by atoms with Gasteiger partial charge in [-0.15, -0.1) is 0 Å². The first-order valence-electron chi connectivity index (χ1n) is 5.36. The lowest BCUT2D eigenvalue weighted by atomic mass is 9.84. The van der Waals surface area contributed by atoms with Crippen molar-refractivity contribution in [2.24, 2.45) is 16.5 Å². The summed E-state index contributed by atoms with van der Waals surface area (Å²) in [5.41, 5.74) is 9.76. The SMILES string of the molecule is CC(C)(CN=C(N)N)c1cccc(C(F)(F)F)c1. The standard InChI is InChI=1S/C12H16F3N3/c1-11(2,7-18-10(16)17)8-4-3-5-9(6-8)12(13,14)15/h3-6H,7H2,1-2H3,(H4,16,17,18). The molecule has 0 radical (unpaired) electrons. The van der Waals surface area contributed by atoms with E-state index in [4.69, 9.17) is 11.5 Å². The van der Waals surface area contributed by atoms with E-state index < -0.39 is 17.2 Å². The number of rotatable bonds is 3. The number of benzene rings is 1. The van der Waals surface area contributed by atoms with Crippen LogP contribution >= 0.6 is 0 Å². The van der Waals surface area contributed by atoms with Gasteiger partial charge in [0.1, 0.15) is 0 Å². The van der Waals surface area contributed by atoms with Gasteiger partial charge >= 0.3 is 6.18 Å². The van der Waals surface area contributed by atoms with Crippen molar-refractivity contribution in [1.29, 1.82) is 0 Å². The van der Waals surface area contributed by atoms with Gasteiger partial charge in [0, 0.05) is 5.41 Å². The summed E-state index contributed by atoms with van der Waals surface area (Å²) in [6.45, 7) is 3.81. The number of guanidine groups is 1. The Balaban J connectivity index is 3.06. The number of halogens is 3. The zero-order valence-electron chi connectivity index (χ0n) is 10.3. The van der Waals surface area contributed by atoms with Crippen molar-refractivity contribution < 1.29 is 13.2 Å². The molecular formula is C12H16F3N3. The molecule has 0 aliphatic heterocycles. The van der Waals surface area contributed by atoms with Gasteiger partial charge in [0.15, 0.2) is 5.96 Å². The van der Waals surface area contributed by atoms with E-state index in [1.165, 1.54) is 6.07 Å². The Labute approximate surface area is 104 Å². The Morgan fingerprint density at radius 3 is 2.22 bits per heavy atom. The maximum absolute atomic E-state index is 12.6. The van der Waals surface area contributed by atoms with Crippen molar-refractivity contribution in [3.8, 4) is 0 Å². The third kappa shape index (κ3) is 3.65. The maximum Gasteiger partial charge on any atom is 0.416 e. The largest absolute Gasteiger partial charge is 0.416 e. The predicted octanol–water partition coefficient (Wildman–Crippen LogP) is 2.26. The molecule has 1 aromatic carbocycles. The fraction of sp³-hybridized carbons (Fsp3) is 0.417. The highest BCUT2D eigenvalue weighted by molar-refractivity contribution is 5.75. The average molecular weight is 259 g/mol. The van der Waals surface area contributed by atoms with E-state index in [0.29, 0.717) is 5.56 Å². The first-order valence-corrected chi connectivity index (χ1v) is 5.36. The van der Waals surface area contributed by atoms with Crippen molar-refractivity contribution in [3.05, 3.63) is 35.4 Å². The molecule has 0 spiro atoms. The van der Waals surface area contributed by atoms with Gasteiger partial charge in [-0.25, -0.2) is 0 Å². The summed E-state index contributed by atoms with van der Waals surface area (Å²) in [7, 11) is 0. The smallest absolute Gasteiger partial charge is 0.370 e. The number of alkyl halides is 3. The van der Waals surface area contributed by atoms with Crippen LogP contribution in [0, 0.1) is 0 Å². The molecule has 0 aliphatic rings. The molecular weight excluding hydrogens is 243 g/mol. The Morgan fingerprint density at radius 2 is 1.72 bits per heavy atom. The molecule has 3 nitrogen and oxygen atoms in total. The van der Waals surface area contributed by atoms with E-state index in [0.717, 1.165) is 12.1 Å². The Kier molecular flexibility index (Phi) is 3.88. The molecule has 0 aromatic heterocycles. The highest BCUT2D eigenvalue weighted by Gasteiger charge is 2.32. The second-order valence-corrected chi connectivity index (χ2v) is 4.70. The zero-order valence-corrected chi connectivity index (χ0v) is 10.3. The summed E-state index contributed by atoms with van der Waals surface area (Å²) in [4.78, 5) is 3.86. The van der Waals surface area contributed by atoms with Crippen molar-refractivity contribution in [2.45, 2.75) is 25.4 Å². The molecule has 0 aliphatic carbocycles. The molecule has 4 N–H and O–H groups in total. The van der Waals surface area contributed by atoms with Crippen LogP contribution < -0.4 is 11.5 Å². The quantitative estimate of drug-likeness (QED) is 0.646. The lowest BCUT2D eigenvalue weighted by Crippen LogP contribution is -2.28. The minimum absolute atomic E-state index is 0.0740. The van der Waals surface area contributed by atoms with E-state index in [-0.39, 0.29) is 12.5 Å². The summed E-state index contributed by atoms with van der Waals surface area (Å²) in [5.74, 6) is -0.0740. The van der Waals surface area contributed by atoms with Gasteiger partial charge in [0.05, 0.1) is 12.1 Å². The Hall–Kier alpha value is -1.72. The van der Waals surface area contributed by atoms with Crippen LogP contribution in [0.5, 0.6) is 0 Å². The molecule has 0 unspecified atom stereocenters. The highest BCUT2D eigenvalue weighted by Crippen LogP contribution is 2.32.